The molecule has 7 nitrogen and oxygen atoms in total. The molecule has 2 amide bonds. The summed E-state index contributed by atoms with van der Waals surface area (Å²) in [6, 6.07) is 4.49. The maximum absolute atomic E-state index is 13.5. The summed E-state index contributed by atoms with van der Waals surface area (Å²) >= 11 is 3.82. The number of esters is 1. The Morgan fingerprint density at radius 2 is 2.06 bits per heavy atom. The molecule has 0 saturated carbocycles. The monoisotopic (exact) mass is 507 g/mol. The van der Waals surface area contributed by atoms with Gasteiger partial charge in [0.15, 0.2) is 4.80 Å². The summed E-state index contributed by atoms with van der Waals surface area (Å²) in [5.41, 5.74) is 2.24. The predicted octanol–water partition coefficient (Wildman–Crippen LogP) is 4.00. The molecule has 4 rings (SSSR count). The Hall–Kier alpha value is -2.50. The molecule has 0 spiro atoms. The number of fused-ring (bicyclic) bond motifs is 2. The average molecular weight is 508 g/mol. The van der Waals surface area contributed by atoms with Gasteiger partial charge in [-0.15, -0.1) is 23.1 Å². The maximum atomic E-state index is 13.5. The Labute approximate surface area is 201 Å². The molecular formula is C22H22FN3O4S3. The van der Waals surface area contributed by atoms with Crippen LogP contribution in [0.2, 0.25) is 0 Å². The van der Waals surface area contributed by atoms with Gasteiger partial charge in [-0.1, -0.05) is 11.3 Å². The molecule has 0 aliphatic heterocycles. The summed E-state index contributed by atoms with van der Waals surface area (Å²) in [4.78, 5) is 42.8. The third-order valence-electron chi connectivity index (χ3n) is 5.20. The Kier molecular flexibility index (Phi) is 7.30. The van der Waals surface area contributed by atoms with E-state index in [1.807, 2.05) is 11.5 Å². The molecule has 0 bridgehead atoms. The van der Waals surface area contributed by atoms with E-state index in [2.05, 4.69) is 10.3 Å². The normalized spacial score (nSPS) is 13.4. The number of rotatable bonds is 7. The minimum atomic E-state index is -0.446. The number of aromatic nitrogens is 1. The number of ether oxygens (including phenoxy) is 1. The van der Waals surface area contributed by atoms with Crippen molar-refractivity contribution in [3.63, 3.8) is 0 Å². The fraction of sp³-hybridized carbons (Fsp3) is 0.364. The molecule has 2 aromatic heterocycles. The van der Waals surface area contributed by atoms with Gasteiger partial charge < -0.3 is 14.6 Å². The second-order valence-corrected chi connectivity index (χ2v) is 10.4. The smallest absolute Gasteiger partial charge is 0.341 e. The standard InChI is InChI=1S/C22H22FN3O4S3/c1-3-26-14-8-7-12(23)9-16(14)33-22(26)25-18(28)11-31-10-17(27)24-20-19(21(29)30-2)13-5-4-6-15(13)32-20/h7-9H,3-6,10-11H2,1-2H3,(H,24,27). The maximum Gasteiger partial charge on any atom is 0.341 e. The Bertz CT molecular complexity index is 1310. The number of thiazole rings is 1. The highest BCUT2D eigenvalue weighted by molar-refractivity contribution is 8.00. The molecule has 0 radical (unpaired) electrons. The van der Waals surface area contributed by atoms with E-state index in [1.165, 1.54) is 41.9 Å². The number of aryl methyl sites for hydroxylation is 2. The van der Waals surface area contributed by atoms with E-state index >= 15 is 0 Å². The summed E-state index contributed by atoms with van der Waals surface area (Å²) in [6.45, 7) is 2.53. The molecule has 2 heterocycles. The molecule has 1 aromatic carbocycles. The second-order valence-electron chi connectivity index (χ2n) is 7.34. The van der Waals surface area contributed by atoms with Crippen LogP contribution in [-0.2, 0) is 33.7 Å². The molecule has 0 unspecified atom stereocenters. The number of carbonyl (C=O) groups is 3. The first-order valence-electron chi connectivity index (χ1n) is 10.4. The number of benzene rings is 1. The van der Waals surface area contributed by atoms with Crippen LogP contribution in [0.15, 0.2) is 23.2 Å². The first-order valence-corrected chi connectivity index (χ1v) is 13.2. The number of nitrogens with zero attached hydrogens (tertiary/aromatic N) is 2. The fourth-order valence-electron chi connectivity index (χ4n) is 3.78. The second kappa shape index (κ2) is 10.2. The largest absolute Gasteiger partial charge is 0.465 e. The summed E-state index contributed by atoms with van der Waals surface area (Å²) in [7, 11) is 1.33. The molecule has 1 aliphatic rings. The van der Waals surface area contributed by atoms with Gasteiger partial charge in [0.25, 0.3) is 5.91 Å². The molecule has 0 saturated heterocycles. The zero-order valence-corrected chi connectivity index (χ0v) is 20.6. The van der Waals surface area contributed by atoms with Crippen molar-refractivity contribution in [1.29, 1.82) is 0 Å². The van der Waals surface area contributed by atoms with Crippen molar-refractivity contribution in [1.82, 2.24) is 4.57 Å². The lowest BCUT2D eigenvalue weighted by Gasteiger charge is -2.06. The van der Waals surface area contributed by atoms with Gasteiger partial charge in [0.1, 0.15) is 10.8 Å². The Morgan fingerprint density at radius 1 is 1.24 bits per heavy atom. The van der Waals surface area contributed by atoms with E-state index in [-0.39, 0.29) is 29.1 Å². The quantitative estimate of drug-likeness (QED) is 0.489. The molecule has 11 heteroatoms. The van der Waals surface area contributed by atoms with Crippen LogP contribution in [0.1, 0.15) is 34.1 Å². The van der Waals surface area contributed by atoms with Gasteiger partial charge in [0.2, 0.25) is 5.91 Å². The average Bonchev–Trinajstić information content (AvgIpc) is 3.45. The van der Waals surface area contributed by atoms with Crippen LogP contribution in [0.4, 0.5) is 9.39 Å². The van der Waals surface area contributed by atoms with Crippen LogP contribution in [0.3, 0.4) is 0 Å². The van der Waals surface area contributed by atoms with Crippen LogP contribution in [0.25, 0.3) is 10.2 Å². The van der Waals surface area contributed by atoms with E-state index in [9.17, 15) is 18.8 Å². The van der Waals surface area contributed by atoms with Crippen molar-refractivity contribution < 1.29 is 23.5 Å². The number of thiophene rings is 1. The van der Waals surface area contributed by atoms with Gasteiger partial charge in [-0.3, -0.25) is 9.59 Å². The van der Waals surface area contributed by atoms with Crippen molar-refractivity contribution in [2.45, 2.75) is 32.7 Å². The molecule has 0 fully saturated rings. The number of nitrogens with one attached hydrogen (secondary N) is 1. The number of thioether (sulfide) groups is 1. The van der Waals surface area contributed by atoms with Crippen molar-refractivity contribution >= 4 is 67.4 Å². The lowest BCUT2D eigenvalue weighted by molar-refractivity contribution is -0.115. The SMILES string of the molecule is CCn1c(=NC(=O)CSCC(=O)Nc2sc3c(c2C(=O)OC)CCC3)sc2cc(F)ccc21. The van der Waals surface area contributed by atoms with Gasteiger partial charge in [-0.2, -0.15) is 4.99 Å². The van der Waals surface area contributed by atoms with Gasteiger partial charge in [-0.25, -0.2) is 9.18 Å². The Balaban J connectivity index is 1.39. The molecule has 33 heavy (non-hydrogen) atoms. The van der Waals surface area contributed by atoms with E-state index in [0.29, 0.717) is 21.9 Å². The van der Waals surface area contributed by atoms with Gasteiger partial charge in [-0.05, 0) is 49.9 Å². The van der Waals surface area contributed by atoms with Crippen LogP contribution < -0.4 is 10.1 Å². The molecule has 3 aromatic rings. The van der Waals surface area contributed by atoms with Crippen molar-refractivity contribution in [3.8, 4) is 0 Å². The zero-order chi connectivity index (χ0) is 23.5. The number of halogens is 1. The summed E-state index contributed by atoms with van der Waals surface area (Å²) < 4.78 is 21.0. The minimum Gasteiger partial charge on any atom is -0.465 e. The van der Waals surface area contributed by atoms with Gasteiger partial charge in [0, 0.05) is 11.4 Å². The zero-order valence-electron chi connectivity index (χ0n) is 18.1. The minimum absolute atomic E-state index is 0.0323. The number of amides is 2. The molecule has 0 atom stereocenters. The summed E-state index contributed by atoms with van der Waals surface area (Å²) in [5.74, 6) is -1.36. The summed E-state index contributed by atoms with van der Waals surface area (Å²) in [5, 5.41) is 3.31. The highest BCUT2D eigenvalue weighted by Crippen LogP contribution is 2.39. The van der Waals surface area contributed by atoms with Crippen molar-refractivity contribution in [3.05, 3.63) is 44.8 Å². The summed E-state index contributed by atoms with van der Waals surface area (Å²) in [6.07, 6.45) is 2.69. The number of methoxy groups -OCH3 is 1. The number of hydrogen-bond donors (Lipinski definition) is 1. The van der Waals surface area contributed by atoms with E-state index in [4.69, 9.17) is 4.74 Å². The number of carbonyl (C=O) groups excluding carboxylic acids is 3. The van der Waals surface area contributed by atoms with E-state index in [1.54, 1.807) is 6.07 Å². The molecule has 174 valence electrons. The van der Waals surface area contributed by atoms with Gasteiger partial charge in [0.05, 0.1) is 34.4 Å². The lowest BCUT2D eigenvalue weighted by Crippen LogP contribution is -2.18. The first kappa shape index (κ1) is 23.7. The van der Waals surface area contributed by atoms with E-state index in [0.717, 1.165) is 51.7 Å². The highest BCUT2D eigenvalue weighted by atomic mass is 32.2. The number of anilines is 1. The predicted molar refractivity (Wildman–Crippen MR) is 130 cm³/mol. The third kappa shape index (κ3) is 5.04. The molecular weight excluding hydrogens is 485 g/mol. The van der Waals surface area contributed by atoms with Crippen LogP contribution in [0, 0.1) is 5.82 Å². The lowest BCUT2D eigenvalue weighted by atomic mass is 10.1. The van der Waals surface area contributed by atoms with Crippen molar-refractivity contribution in [2.75, 3.05) is 23.9 Å². The van der Waals surface area contributed by atoms with Crippen LogP contribution in [-0.4, -0.2) is 41.0 Å². The topological polar surface area (TPSA) is 89.8 Å². The van der Waals surface area contributed by atoms with Crippen molar-refractivity contribution in [2.24, 2.45) is 4.99 Å². The highest BCUT2D eigenvalue weighted by Gasteiger charge is 2.28. The molecule has 1 N–H and O–H groups in total. The molecule has 1 aliphatic carbocycles. The van der Waals surface area contributed by atoms with Crippen LogP contribution in [0.5, 0.6) is 0 Å². The first-order chi connectivity index (χ1) is 15.9. The van der Waals surface area contributed by atoms with Gasteiger partial charge >= 0.3 is 5.97 Å². The third-order valence-corrected chi connectivity index (χ3v) is 8.37. The fourth-order valence-corrected chi connectivity index (χ4v) is 6.81. The number of hydrogen-bond acceptors (Lipinski definition) is 7. The Morgan fingerprint density at radius 3 is 2.82 bits per heavy atom. The van der Waals surface area contributed by atoms with Crippen LogP contribution >= 0.6 is 34.4 Å². The van der Waals surface area contributed by atoms with E-state index < -0.39 is 5.97 Å².